The fourth-order valence-corrected chi connectivity index (χ4v) is 1.61. The second-order valence-corrected chi connectivity index (χ2v) is 3.95. The third-order valence-electron chi connectivity index (χ3n) is 2.73. The van der Waals surface area contributed by atoms with E-state index in [-0.39, 0.29) is 5.56 Å². The van der Waals surface area contributed by atoms with Gasteiger partial charge in [0.15, 0.2) is 0 Å². The SMILES string of the molecule is C=c1ncn(Cc2ccc(OC)cc2)c(=O)c1=C. The van der Waals surface area contributed by atoms with Crippen molar-refractivity contribution in [2.75, 3.05) is 7.11 Å². The van der Waals surface area contributed by atoms with Gasteiger partial charge in [0.05, 0.1) is 30.5 Å². The predicted molar refractivity (Wildman–Crippen MR) is 70.9 cm³/mol. The predicted octanol–water partition coefficient (Wildman–Crippen LogP) is 0.121. The van der Waals surface area contributed by atoms with Crippen LogP contribution in [0.5, 0.6) is 5.75 Å². The van der Waals surface area contributed by atoms with Gasteiger partial charge >= 0.3 is 0 Å². The minimum Gasteiger partial charge on any atom is -0.497 e. The lowest BCUT2D eigenvalue weighted by Crippen LogP contribution is -2.44. The number of ether oxygens (including phenoxy) is 1. The molecule has 1 aromatic carbocycles. The van der Waals surface area contributed by atoms with Crippen molar-refractivity contribution in [1.29, 1.82) is 0 Å². The molecule has 2 rings (SSSR count). The highest BCUT2D eigenvalue weighted by Crippen LogP contribution is 2.11. The quantitative estimate of drug-likeness (QED) is 0.768. The maximum atomic E-state index is 11.9. The lowest BCUT2D eigenvalue weighted by molar-refractivity contribution is 0.414. The molecule has 1 heterocycles. The van der Waals surface area contributed by atoms with E-state index in [0.717, 1.165) is 11.3 Å². The van der Waals surface area contributed by atoms with E-state index >= 15 is 0 Å². The summed E-state index contributed by atoms with van der Waals surface area (Å²) in [5.41, 5.74) is 0.835. The molecule has 4 nitrogen and oxygen atoms in total. The highest BCUT2D eigenvalue weighted by Gasteiger charge is 2.00. The van der Waals surface area contributed by atoms with E-state index in [2.05, 4.69) is 18.1 Å². The topological polar surface area (TPSA) is 44.1 Å². The van der Waals surface area contributed by atoms with E-state index < -0.39 is 0 Å². The zero-order chi connectivity index (χ0) is 13.1. The van der Waals surface area contributed by atoms with Crippen molar-refractivity contribution < 1.29 is 4.74 Å². The van der Waals surface area contributed by atoms with Crippen molar-refractivity contribution in [3.63, 3.8) is 0 Å². The number of benzene rings is 1. The van der Waals surface area contributed by atoms with Gasteiger partial charge in [-0.15, -0.1) is 0 Å². The van der Waals surface area contributed by atoms with Gasteiger partial charge in [-0.05, 0) is 17.7 Å². The van der Waals surface area contributed by atoms with Crippen LogP contribution in [0.3, 0.4) is 0 Å². The molecular formula is C14H14N2O2. The summed E-state index contributed by atoms with van der Waals surface area (Å²) in [5.74, 6) is 0.787. The number of aromatic nitrogens is 2. The third-order valence-corrected chi connectivity index (χ3v) is 2.73. The molecule has 0 atom stereocenters. The highest BCUT2D eigenvalue weighted by atomic mass is 16.5. The Morgan fingerprint density at radius 1 is 1.28 bits per heavy atom. The molecule has 0 saturated heterocycles. The summed E-state index contributed by atoms with van der Waals surface area (Å²) in [7, 11) is 1.62. The van der Waals surface area contributed by atoms with E-state index in [0.29, 0.717) is 17.1 Å². The number of hydrogen-bond donors (Lipinski definition) is 0. The number of nitrogens with zero attached hydrogens (tertiary/aromatic N) is 2. The maximum Gasteiger partial charge on any atom is 0.260 e. The molecule has 0 amide bonds. The first-order valence-corrected chi connectivity index (χ1v) is 5.48. The normalized spacial score (nSPS) is 10.3. The van der Waals surface area contributed by atoms with Crippen molar-refractivity contribution in [2.24, 2.45) is 0 Å². The van der Waals surface area contributed by atoms with E-state index in [9.17, 15) is 4.79 Å². The average Bonchev–Trinajstić information content (AvgIpc) is 2.40. The van der Waals surface area contributed by atoms with Crippen LogP contribution in [-0.2, 0) is 6.54 Å². The van der Waals surface area contributed by atoms with Crippen molar-refractivity contribution in [3.05, 3.63) is 57.1 Å². The molecule has 1 aromatic heterocycles. The van der Waals surface area contributed by atoms with E-state index in [1.165, 1.54) is 10.9 Å². The fourth-order valence-electron chi connectivity index (χ4n) is 1.61. The molecule has 0 fully saturated rings. The van der Waals surface area contributed by atoms with Crippen LogP contribution >= 0.6 is 0 Å². The van der Waals surface area contributed by atoms with Crippen molar-refractivity contribution in [3.8, 4) is 5.75 Å². The minimum absolute atomic E-state index is 0.161. The zero-order valence-electron chi connectivity index (χ0n) is 10.2. The minimum atomic E-state index is -0.161. The van der Waals surface area contributed by atoms with Crippen LogP contribution in [0.25, 0.3) is 13.2 Å². The number of methoxy groups -OCH3 is 1. The van der Waals surface area contributed by atoms with Crippen LogP contribution in [0.4, 0.5) is 0 Å². The van der Waals surface area contributed by atoms with Gasteiger partial charge in [0.1, 0.15) is 5.75 Å². The molecule has 2 aromatic rings. The summed E-state index contributed by atoms with van der Waals surface area (Å²) in [6.07, 6.45) is 1.49. The third kappa shape index (κ3) is 2.32. The van der Waals surface area contributed by atoms with Crippen LogP contribution in [0.1, 0.15) is 5.56 Å². The first-order valence-electron chi connectivity index (χ1n) is 5.48. The summed E-state index contributed by atoms with van der Waals surface area (Å²) in [4.78, 5) is 15.9. The first-order chi connectivity index (χ1) is 8.61. The van der Waals surface area contributed by atoms with E-state index in [1.807, 2.05) is 24.3 Å². The largest absolute Gasteiger partial charge is 0.497 e. The summed E-state index contributed by atoms with van der Waals surface area (Å²) in [5, 5.41) is 0.761. The van der Waals surface area contributed by atoms with Crippen molar-refractivity contribution in [1.82, 2.24) is 9.55 Å². The molecule has 92 valence electrons. The van der Waals surface area contributed by atoms with Crippen LogP contribution in [0.15, 0.2) is 35.4 Å². The molecule has 0 aliphatic carbocycles. The number of rotatable bonds is 3. The molecule has 18 heavy (non-hydrogen) atoms. The Kier molecular flexibility index (Phi) is 3.28. The molecule has 0 bridgehead atoms. The van der Waals surface area contributed by atoms with Gasteiger partial charge in [-0.2, -0.15) is 0 Å². The van der Waals surface area contributed by atoms with Gasteiger partial charge < -0.3 is 4.74 Å². The average molecular weight is 242 g/mol. The Morgan fingerprint density at radius 3 is 2.56 bits per heavy atom. The van der Waals surface area contributed by atoms with Crippen LogP contribution in [0.2, 0.25) is 0 Å². The Balaban J connectivity index is 2.34. The van der Waals surface area contributed by atoms with E-state index in [1.54, 1.807) is 7.11 Å². The molecular weight excluding hydrogens is 228 g/mol. The molecule has 0 N–H and O–H groups in total. The van der Waals surface area contributed by atoms with Gasteiger partial charge in [-0.1, -0.05) is 25.3 Å². The Morgan fingerprint density at radius 2 is 1.94 bits per heavy atom. The Labute approximate surface area is 104 Å². The fraction of sp³-hybridized carbons (Fsp3) is 0.143. The lowest BCUT2D eigenvalue weighted by atomic mass is 10.2. The lowest BCUT2D eigenvalue weighted by Gasteiger charge is -2.06. The second kappa shape index (κ2) is 4.87. The van der Waals surface area contributed by atoms with Crippen LogP contribution in [0, 0.1) is 0 Å². The maximum absolute atomic E-state index is 11.9. The molecule has 0 spiro atoms. The molecule has 4 heteroatoms. The smallest absolute Gasteiger partial charge is 0.260 e. The van der Waals surface area contributed by atoms with Gasteiger partial charge in [0.25, 0.3) is 5.56 Å². The number of hydrogen-bond acceptors (Lipinski definition) is 3. The van der Waals surface area contributed by atoms with Crippen LogP contribution < -0.4 is 20.9 Å². The summed E-state index contributed by atoms with van der Waals surface area (Å²) in [6.45, 7) is 7.78. The van der Waals surface area contributed by atoms with Gasteiger partial charge in [-0.3, -0.25) is 9.36 Å². The Hall–Kier alpha value is -2.36. The molecule has 0 aliphatic rings. The van der Waals surface area contributed by atoms with Crippen molar-refractivity contribution in [2.45, 2.75) is 6.54 Å². The van der Waals surface area contributed by atoms with E-state index in [4.69, 9.17) is 4.74 Å². The molecule has 0 radical (unpaired) electrons. The molecule has 0 aliphatic heterocycles. The monoisotopic (exact) mass is 242 g/mol. The molecule has 0 unspecified atom stereocenters. The van der Waals surface area contributed by atoms with Gasteiger partial charge in [0.2, 0.25) is 0 Å². The van der Waals surface area contributed by atoms with Crippen LogP contribution in [-0.4, -0.2) is 16.7 Å². The highest BCUT2D eigenvalue weighted by molar-refractivity contribution is 5.27. The summed E-state index contributed by atoms with van der Waals surface area (Å²) >= 11 is 0. The van der Waals surface area contributed by atoms with Gasteiger partial charge in [0, 0.05) is 0 Å². The second-order valence-electron chi connectivity index (χ2n) is 3.95. The zero-order valence-corrected chi connectivity index (χ0v) is 10.2. The Bertz CT molecular complexity index is 702. The standard InChI is InChI=1S/C14H14N2O2/c1-10-11(2)15-9-16(14(10)17)8-12-4-6-13(18-3)7-5-12/h4-7,9H,1-2,8H2,3H3. The summed E-state index contributed by atoms with van der Waals surface area (Å²) in [6, 6.07) is 7.53. The van der Waals surface area contributed by atoms with Gasteiger partial charge in [-0.25, -0.2) is 4.98 Å². The van der Waals surface area contributed by atoms with Crippen molar-refractivity contribution >= 4 is 13.2 Å². The molecule has 0 saturated carbocycles. The summed E-state index contributed by atoms with van der Waals surface area (Å²) < 4.78 is 6.59. The first kappa shape index (κ1) is 12.1.